The third kappa shape index (κ3) is 1.77. The van der Waals surface area contributed by atoms with Crippen LogP contribution in [0.4, 0.5) is 5.00 Å². The monoisotopic (exact) mass is 266 g/mol. The molecule has 1 aromatic heterocycles. The van der Waals surface area contributed by atoms with Gasteiger partial charge in [-0.15, -0.1) is 11.3 Å². The van der Waals surface area contributed by atoms with Gasteiger partial charge < -0.3 is 15.3 Å². The maximum Gasteiger partial charge on any atom is 0.345 e. The number of amides is 1. The summed E-state index contributed by atoms with van der Waals surface area (Å²) >= 11 is 1.28. The fourth-order valence-electron chi connectivity index (χ4n) is 2.82. The molecular formula is C12H14N2O3S. The molecule has 96 valence electrons. The number of anilines is 1. The highest BCUT2D eigenvalue weighted by molar-refractivity contribution is 7.17. The number of rotatable bonds is 2. The molecule has 1 amide bonds. The Bertz CT molecular complexity index is 499. The summed E-state index contributed by atoms with van der Waals surface area (Å²) in [6.07, 6.45) is 1.92. The minimum Gasteiger partial charge on any atom is -0.477 e. The highest BCUT2D eigenvalue weighted by atomic mass is 32.1. The van der Waals surface area contributed by atoms with E-state index in [-0.39, 0.29) is 17.9 Å². The molecule has 0 bridgehead atoms. The lowest BCUT2D eigenvalue weighted by Crippen LogP contribution is -2.45. The average Bonchev–Trinajstić information content (AvgIpc) is 2.97. The first-order chi connectivity index (χ1) is 8.66. The van der Waals surface area contributed by atoms with Crippen molar-refractivity contribution in [1.82, 2.24) is 5.32 Å². The van der Waals surface area contributed by atoms with Gasteiger partial charge in [0.2, 0.25) is 5.91 Å². The second-order valence-corrected chi connectivity index (χ2v) is 5.76. The quantitative estimate of drug-likeness (QED) is 0.843. The van der Waals surface area contributed by atoms with Crippen LogP contribution in [0.1, 0.15) is 22.5 Å². The molecule has 6 heteroatoms. The molecule has 18 heavy (non-hydrogen) atoms. The van der Waals surface area contributed by atoms with Crippen molar-refractivity contribution in [2.75, 3.05) is 18.0 Å². The third-order valence-corrected chi connectivity index (χ3v) is 4.80. The van der Waals surface area contributed by atoms with Crippen LogP contribution in [0.5, 0.6) is 0 Å². The first-order valence-electron chi connectivity index (χ1n) is 6.04. The van der Waals surface area contributed by atoms with E-state index in [0.717, 1.165) is 24.4 Å². The molecule has 2 atom stereocenters. The van der Waals surface area contributed by atoms with E-state index in [9.17, 15) is 9.59 Å². The Balaban J connectivity index is 1.86. The van der Waals surface area contributed by atoms with Crippen molar-refractivity contribution in [2.45, 2.75) is 18.9 Å². The van der Waals surface area contributed by atoms with Gasteiger partial charge in [0.25, 0.3) is 0 Å². The van der Waals surface area contributed by atoms with Crippen LogP contribution in [-0.4, -0.2) is 36.1 Å². The number of aromatic carboxylic acids is 1. The van der Waals surface area contributed by atoms with Crippen molar-refractivity contribution < 1.29 is 14.7 Å². The number of hydrogen-bond donors (Lipinski definition) is 2. The molecule has 2 aliphatic heterocycles. The zero-order valence-corrected chi connectivity index (χ0v) is 10.6. The number of hydrogen-bond acceptors (Lipinski definition) is 4. The summed E-state index contributed by atoms with van der Waals surface area (Å²) in [5.74, 6) is -0.686. The first kappa shape index (κ1) is 11.5. The number of carboxylic acid groups (broad SMARTS) is 1. The molecule has 0 aliphatic carbocycles. The molecule has 0 aromatic carbocycles. The van der Waals surface area contributed by atoms with Crippen LogP contribution in [0.15, 0.2) is 12.1 Å². The van der Waals surface area contributed by atoms with Crippen LogP contribution in [0.25, 0.3) is 0 Å². The van der Waals surface area contributed by atoms with Crippen molar-refractivity contribution in [3.05, 3.63) is 17.0 Å². The van der Waals surface area contributed by atoms with Crippen molar-refractivity contribution in [1.29, 1.82) is 0 Å². The Hall–Kier alpha value is -1.56. The number of fused-ring (bicyclic) bond motifs is 1. The number of carbonyl (C=O) groups excluding carboxylic acids is 1. The number of nitrogens with zero attached hydrogens (tertiary/aromatic N) is 1. The van der Waals surface area contributed by atoms with Gasteiger partial charge in [-0.25, -0.2) is 4.79 Å². The van der Waals surface area contributed by atoms with E-state index in [0.29, 0.717) is 11.4 Å². The summed E-state index contributed by atoms with van der Waals surface area (Å²) in [6.45, 7) is 1.57. The molecular weight excluding hydrogens is 252 g/mol. The van der Waals surface area contributed by atoms with Crippen molar-refractivity contribution in [3.63, 3.8) is 0 Å². The highest BCUT2D eigenvalue weighted by Gasteiger charge is 2.41. The molecule has 2 aliphatic rings. The Morgan fingerprint density at radius 3 is 3.06 bits per heavy atom. The van der Waals surface area contributed by atoms with E-state index < -0.39 is 5.97 Å². The van der Waals surface area contributed by atoms with Crippen LogP contribution in [0.3, 0.4) is 0 Å². The maximum atomic E-state index is 11.7. The number of thiophene rings is 1. The van der Waals surface area contributed by atoms with E-state index >= 15 is 0 Å². The largest absolute Gasteiger partial charge is 0.477 e. The fraction of sp³-hybridized carbons (Fsp3) is 0.500. The van der Waals surface area contributed by atoms with E-state index in [1.807, 2.05) is 6.07 Å². The van der Waals surface area contributed by atoms with Crippen molar-refractivity contribution in [2.24, 2.45) is 5.92 Å². The van der Waals surface area contributed by atoms with Crippen LogP contribution >= 0.6 is 11.3 Å². The molecule has 2 N–H and O–H groups in total. The summed E-state index contributed by atoms with van der Waals surface area (Å²) in [7, 11) is 0. The van der Waals surface area contributed by atoms with Crippen LogP contribution in [0, 0.1) is 5.92 Å². The maximum absolute atomic E-state index is 11.7. The zero-order chi connectivity index (χ0) is 12.7. The van der Waals surface area contributed by atoms with Gasteiger partial charge in [0.15, 0.2) is 0 Å². The lowest BCUT2D eigenvalue weighted by Gasteiger charge is -2.36. The molecule has 0 saturated carbocycles. The third-order valence-electron chi connectivity index (χ3n) is 3.69. The summed E-state index contributed by atoms with van der Waals surface area (Å²) in [5, 5.41) is 12.8. The van der Waals surface area contributed by atoms with E-state index in [2.05, 4.69) is 10.2 Å². The molecule has 0 radical (unpaired) electrons. The summed E-state index contributed by atoms with van der Waals surface area (Å²) in [6, 6.07) is 3.67. The van der Waals surface area contributed by atoms with E-state index in [4.69, 9.17) is 5.11 Å². The van der Waals surface area contributed by atoms with Crippen LogP contribution < -0.4 is 10.2 Å². The van der Waals surface area contributed by atoms with Gasteiger partial charge in [-0.1, -0.05) is 0 Å². The molecule has 1 aromatic rings. The van der Waals surface area contributed by atoms with Crippen molar-refractivity contribution >= 4 is 28.2 Å². The Morgan fingerprint density at radius 2 is 2.33 bits per heavy atom. The first-order valence-corrected chi connectivity index (χ1v) is 6.86. The fourth-order valence-corrected chi connectivity index (χ4v) is 3.75. The van der Waals surface area contributed by atoms with Gasteiger partial charge >= 0.3 is 5.97 Å². The van der Waals surface area contributed by atoms with Gasteiger partial charge in [-0.2, -0.15) is 0 Å². The minimum absolute atomic E-state index is 0.0640. The van der Waals surface area contributed by atoms with E-state index in [1.54, 1.807) is 6.07 Å². The minimum atomic E-state index is -0.888. The molecule has 2 unspecified atom stereocenters. The van der Waals surface area contributed by atoms with Crippen molar-refractivity contribution in [3.8, 4) is 0 Å². The molecule has 3 heterocycles. The SMILES string of the molecule is O=C(O)c1ccc(N2CCCC3C(=O)NCC32)s1. The second kappa shape index (κ2) is 4.28. The Kier molecular flexibility index (Phi) is 2.74. The predicted molar refractivity (Wildman–Crippen MR) is 68.1 cm³/mol. The topological polar surface area (TPSA) is 69.6 Å². The summed E-state index contributed by atoms with van der Waals surface area (Å²) in [4.78, 5) is 25.1. The highest BCUT2D eigenvalue weighted by Crippen LogP contribution is 2.35. The van der Waals surface area contributed by atoms with Crippen LogP contribution in [0.2, 0.25) is 0 Å². The normalized spacial score (nSPS) is 26.9. The number of carboxylic acids is 1. The molecule has 5 nitrogen and oxygen atoms in total. The van der Waals surface area contributed by atoms with Gasteiger partial charge in [0.05, 0.1) is 17.0 Å². The van der Waals surface area contributed by atoms with Gasteiger partial charge in [0, 0.05) is 13.1 Å². The standard InChI is InChI=1S/C12H14N2O3S/c15-11-7-2-1-5-14(8(7)6-13-11)10-4-3-9(18-10)12(16)17/h3-4,7-8H,1-2,5-6H2,(H,13,15)(H,16,17). The zero-order valence-electron chi connectivity index (χ0n) is 9.76. The van der Waals surface area contributed by atoms with Gasteiger partial charge in [-0.3, -0.25) is 4.79 Å². The molecule has 0 spiro atoms. The lowest BCUT2D eigenvalue weighted by atomic mass is 9.92. The number of nitrogens with one attached hydrogen (secondary N) is 1. The summed E-state index contributed by atoms with van der Waals surface area (Å²) < 4.78 is 0. The van der Waals surface area contributed by atoms with Gasteiger partial charge in [0.1, 0.15) is 4.88 Å². The Labute approximate surface area is 108 Å². The molecule has 2 fully saturated rings. The van der Waals surface area contributed by atoms with E-state index in [1.165, 1.54) is 11.3 Å². The van der Waals surface area contributed by atoms with Gasteiger partial charge in [-0.05, 0) is 25.0 Å². The average molecular weight is 266 g/mol. The number of piperidine rings is 1. The lowest BCUT2D eigenvalue weighted by molar-refractivity contribution is -0.122. The molecule has 3 rings (SSSR count). The number of carbonyl (C=O) groups is 2. The van der Waals surface area contributed by atoms with Crippen LogP contribution in [-0.2, 0) is 4.79 Å². The summed E-state index contributed by atoms with van der Waals surface area (Å²) in [5.41, 5.74) is 0. The molecule has 2 saturated heterocycles. The predicted octanol–water partition coefficient (Wildman–Crippen LogP) is 1.16. The Morgan fingerprint density at radius 1 is 1.50 bits per heavy atom. The second-order valence-electron chi connectivity index (χ2n) is 4.70. The smallest absolute Gasteiger partial charge is 0.345 e.